The number of aromatic amines is 1. The standard InChI is InChI=1S/C20H21ClN6O4/c21-11-1-3-12(4-2-11)23-18(30)13-9-14(28)24-17-15(13)19(31)26-20(25-17)27-7-5-10(6-8-27)16(22)29/h1-4,10,13H,5-9H2,(H2,22,29)(H,23,30)(H2,24,25,26,28,31). The van der Waals surface area contributed by atoms with E-state index in [-0.39, 0.29) is 35.6 Å². The van der Waals surface area contributed by atoms with Gasteiger partial charge in [0.1, 0.15) is 5.82 Å². The number of piperidine rings is 1. The number of rotatable bonds is 4. The lowest BCUT2D eigenvalue weighted by atomic mass is 9.92. The summed E-state index contributed by atoms with van der Waals surface area (Å²) in [7, 11) is 0. The molecular weight excluding hydrogens is 424 g/mol. The number of nitrogens with two attached hydrogens (primary N) is 1. The van der Waals surface area contributed by atoms with Gasteiger partial charge in [-0.05, 0) is 37.1 Å². The minimum Gasteiger partial charge on any atom is -0.369 e. The number of fused-ring (bicyclic) bond motifs is 1. The first-order valence-corrected chi connectivity index (χ1v) is 10.2. The van der Waals surface area contributed by atoms with Crippen LogP contribution in [0.15, 0.2) is 29.1 Å². The average Bonchev–Trinajstić information content (AvgIpc) is 2.74. The van der Waals surface area contributed by atoms with Gasteiger partial charge in [-0.15, -0.1) is 0 Å². The van der Waals surface area contributed by atoms with Crippen molar-refractivity contribution in [1.82, 2.24) is 9.97 Å². The first-order chi connectivity index (χ1) is 14.8. The summed E-state index contributed by atoms with van der Waals surface area (Å²) < 4.78 is 0. The lowest BCUT2D eigenvalue weighted by Gasteiger charge is -2.32. The Hall–Kier alpha value is -3.40. The molecule has 31 heavy (non-hydrogen) atoms. The number of primary amides is 1. The summed E-state index contributed by atoms with van der Waals surface area (Å²) in [5.41, 5.74) is 5.49. The van der Waals surface area contributed by atoms with E-state index in [0.29, 0.717) is 36.6 Å². The second-order valence-corrected chi connectivity index (χ2v) is 8.05. The van der Waals surface area contributed by atoms with Crippen molar-refractivity contribution in [2.24, 2.45) is 11.7 Å². The third-order valence-electron chi connectivity index (χ3n) is 5.56. The number of amides is 3. The van der Waals surface area contributed by atoms with E-state index in [2.05, 4.69) is 20.6 Å². The highest BCUT2D eigenvalue weighted by atomic mass is 35.5. The Bertz CT molecular complexity index is 1090. The lowest BCUT2D eigenvalue weighted by molar-refractivity contribution is -0.123. The molecule has 1 fully saturated rings. The molecule has 10 nitrogen and oxygen atoms in total. The highest BCUT2D eigenvalue weighted by Gasteiger charge is 2.35. The maximum Gasteiger partial charge on any atom is 0.258 e. The molecule has 0 saturated carbocycles. The molecule has 3 amide bonds. The van der Waals surface area contributed by atoms with Crippen molar-refractivity contribution >= 4 is 46.8 Å². The number of hydrogen-bond donors (Lipinski definition) is 4. The molecule has 5 N–H and O–H groups in total. The molecule has 1 aromatic carbocycles. The number of anilines is 3. The van der Waals surface area contributed by atoms with E-state index in [1.54, 1.807) is 24.3 Å². The number of nitrogens with zero attached hydrogens (tertiary/aromatic N) is 2. The summed E-state index contributed by atoms with van der Waals surface area (Å²) in [5, 5.41) is 5.83. The number of benzene rings is 1. The number of nitrogens with one attached hydrogen (secondary N) is 3. The third kappa shape index (κ3) is 4.38. The van der Waals surface area contributed by atoms with E-state index >= 15 is 0 Å². The number of carbonyl (C=O) groups excluding carboxylic acids is 3. The predicted molar refractivity (Wildman–Crippen MR) is 115 cm³/mol. The molecule has 0 spiro atoms. The molecule has 3 heterocycles. The fraction of sp³-hybridized carbons (Fsp3) is 0.350. The fourth-order valence-corrected chi connectivity index (χ4v) is 4.00. The van der Waals surface area contributed by atoms with Crippen molar-refractivity contribution in [2.45, 2.75) is 25.2 Å². The Morgan fingerprint density at radius 1 is 1.16 bits per heavy atom. The van der Waals surface area contributed by atoms with Crippen molar-refractivity contribution < 1.29 is 14.4 Å². The zero-order valence-corrected chi connectivity index (χ0v) is 17.2. The topological polar surface area (TPSA) is 150 Å². The summed E-state index contributed by atoms with van der Waals surface area (Å²) in [6.07, 6.45) is 0.934. The zero-order valence-electron chi connectivity index (χ0n) is 16.5. The Morgan fingerprint density at radius 2 is 1.84 bits per heavy atom. The molecule has 2 aromatic rings. The largest absolute Gasteiger partial charge is 0.369 e. The van der Waals surface area contributed by atoms with Crippen molar-refractivity contribution in [2.75, 3.05) is 28.6 Å². The molecule has 0 radical (unpaired) electrons. The predicted octanol–water partition coefficient (Wildman–Crippen LogP) is 1.19. The Labute approximate surface area is 182 Å². The molecule has 1 aromatic heterocycles. The van der Waals surface area contributed by atoms with Gasteiger partial charge in [0, 0.05) is 36.1 Å². The van der Waals surface area contributed by atoms with Gasteiger partial charge in [-0.2, -0.15) is 4.98 Å². The van der Waals surface area contributed by atoms with Crippen LogP contribution in [0.3, 0.4) is 0 Å². The summed E-state index contributed by atoms with van der Waals surface area (Å²) >= 11 is 5.86. The van der Waals surface area contributed by atoms with E-state index < -0.39 is 23.3 Å². The normalized spacial score (nSPS) is 18.8. The molecule has 4 rings (SSSR count). The van der Waals surface area contributed by atoms with E-state index in [1.165, 1.54) is 0 Å². The second kappa shape index (κ2) is 8.38. The summed E-state index contributed by atoms with van der Waals surface area (Å²) in [6.45, 7) is 0.980. The van der Waals surface area contributed by atoms with Gasteiger partial charge in [-0.25, -0.2) is 0 Å². The minimum absolute atomic E-state index is 0.0725. The van der Waals surface area contributed by atoms with Crippen LogP contribution < -0.4 is 26.8 Å². The van der Waals surface area contributed by atoms with E-state index in [1.807, 2.05) is 4.90 Å². The molecule has 162 valence electrons. The van der Waals surface area contributed by atoms with E-state index in [0.717, 1.165) is 0 Å². The van der Waals surface area contributed by atoms with Crippen LogP contribution in [0, 0.1) is 5.92 Å². The number of aromatic nitrogens is 2. The van der Waals surface area contributed by atoms with E-state index in [9.17, 15) is 19.2 Å². The van der Waals surface area contributed by atoms with Crippen LogP contribution in [0.25, 0.3) is 0 Å². The van der Waals surface area contributed by atoms with Crippen LogP contribution in [0.1, 0.15) is 30.7 Å². The molecule has 11 heteroatoms. The molecule has 2 aliphatic heterocycles. The van der Waals surface area contributed by atoms with Gasteiger partial charge in [-0.3, -0.25) is 24.2 Å². The Balaban J connectivity index is 1.58. The monoisotopic (exact) mass is 444 g/mol. The summed E-state index contributed by atoms with van der Waals surface area (Å²) in [4.78, 5) is 58.2. The van der Waals surface area contributed by atoms with Gasteiger partial charge in [0.05, 0.1) is 11.5 Å². The molecule has 1 unspecified atom stereocenters. The smallest absolute Gasteiger partial charge is 0.258 e. The van der Waals surface area contributed by atoms with Gasteiger partial charge in [0.15, 0.2) is 0 Å². The number of halogens is 1. The Morgan fingerprint density at radius 3 is 2.48 bits per heavy atom. The van der Waals surface area contributed by atoms with Crippen LogP contribution in [-0.2, 0) is 14.4 Å². The van der Waals surface area contributed by atoms with Gasteiger partial charge >= 0.3 is 0 Å². The first kappa shape index (κ1) is 20.9. The van der Waals surface area contributed by atoms with Crippen LogP contribution in [0.2, 0.25) is 5.02 Å². The maximum absolute atomic E-state index is 12.9. The number of H-pyrrole nitrogens is 1. The fourth-order valence-electron chi connectivity index (χ4n) is 3.87. The lowest BCUT2D eigenvalue weighted by Crippen LogP contribution is -2.41. The first-order valence-electron chi connectivity index (χ1n) is 9.86. The number of carbonyl (C=O) groups is 3. The van der Waals surface area contributed by atoms with Crippen LogP contribution in [-0.4, -0.2) is 40.8 Å². The Kier molecular flexibility index (Phi) is 5.64. The number of hydrogen-bond acceptors (Lipinski definition) is 6. The van der Waals surface area contributed by atoms with Crippen LogP contribution in [0.4, 0.5) is 17.5 Å². The molecule has 1 atom stereocenters. The molecule has 0 bridgehead atoms. The molecule has 1 saturated heterocycles. The quantitative estimate of drug-likeness (QED) is 0.556. The van der Waals surface area contributed by atoms with Gasteiger partial charge in [-0.1, -0.05) is 11.6 Å². The van der Waals surface area contributed by atoms with E-state index in [4.69, 9.17) is 17.3 Å². The average molecular weight is 445 g/mol. The van der Waals surface area contributed by atoms with Crippen molar-refractivity contribution in [3.05, 3.63) is 45.2 Å². The minimum atomic E-state index is -0.981. The van der Waals surface area contributed by atoms with Crippen LogP contribution >= 0.6 is 11.6 Å². The van der Waals surface area contributed by atoms with Gasteiger partial charge in [0.2, 0.25) is 23.7 Å². The zero-order chi connectivity index (χ0) is 22.1. The molecule has 0 aliphatic carbocycles. The molecule has 2 aliphatic rings. The second-order valence-electron chi connectivity index (χ2n) is 7.62. The van der Waals surface area contributed by atoms with Gasteiger partial charge < -0.3 is 21.3 Å². The SMILES string of the molecule is NC(=O)C1CCN(c2nc3c(c(=O)[nH]2)C(C(=O)Nc2ccc(Cl)cc2)CC(=O)N3)CC1. The summed E-state index contributed by atoms with van der Waals surface area (Å²) in [5.74, 6) is -2.06. The van der Waals surface area contributed by atoms with Crippen molar-refractivity contribution in [3.8, 4) is 0 Å². The summed E-state index contributed by atoms with van der Waals surface area (Å²) in [6, 6.07) is 6.51. The van der Waals surface area contributed by atoms with Crippen molar-refractivity contribution in [3.63, 3.8) is 0 Å². The highest BCUT2D eigenvalue weighted by molar-refractivity contribution is 6.30. The van der Waals surface area contributed by atoms with Crippen LogP contribution in [0.5, 0.6) is 0 Å². The van der Waals surface area contributed by atoms with Gasteiger partial charge in [0.25, 0.3) is 5.56 Å². The highest BCUT2D eigenvalue weighted by Crippen LogP contribution is 2.31. The molecular formula is C20H21ClN6O4. The third-order valence-corrected chi connectivity index (χ3v) is 5.82. The van der Waals surface area contributed by atoms with Crippen molar-refractivity contribution in [1.29, 1.82) is 0 Å². The maximum atomic E-state index is 12.9.